The van der Waals surface area contributed by atoms with Crippen molar-refractivity contribution in [3.63, 3.8) is 0 Å². The summed E-state index contributed by atoms with van der Waals surface area (Å²) in [4.78, 5) is 11.2. The number of nitrogens with one attached hydrogen (secondary N) is 2. The normalized spacial score (nSPS) is 10.8. The van der Waals surface area contributed by atoms with Crippen molar-refractivity contribution in [1.82, 2.24) is 10.6 Å². The first-order chi connectivity index (χ1) is 7.59. The first kappa shape index (κ1) is 13.7. The molecule has 5 heteroatoms. The number of thiophene rings is 1. The highest BCUT2D eigenvalue weighted by atomic mass is 79.9. The van der Waals surface area contributed by atoms with E-state index in [-0.39, 0.29) is 11.8 Å². The molecule has 16 heavy (non-hydrogen) atoms. The zero-order chi connectivity index (χ0) is 12.0. The van der Waals surface area contributed by atoms with Gasteiger partial charge in [0.1, 0.15) is 0 Å². The lowest BCUT2D eigenvalue weighted by Gasteiger charge is -2.07. The van der Waals surface area contributed by atoms with Crippen molar-refractivity contribution < 1.29 is 4.79 Å². The van der Waals surface area contributed by atoms with Gasteiger partial charge in [-0.25, -0.2) is 0 Å². The van der Waals surface area contributed by atoms with Gasteiger partial charge < -0.3 is 10.6 Å². The SMILES string of the molecule is CC(C)C(=O)NCCNCc1csc(Br)c1. The van der Waals surface area contributed by atoms with Gasteiger partial charge in [0.2, 0.25) is 5.91 Å². The molecule has 1 heterocycles. The predicted molar refractivity (Wildman–Crippen MR) is 71.6 cm³/mol. The van der Waals surface area contributed by atoms with Gasteiger partial charge in [-0.2, -0.15) is 0 Å². The van der Waals surface area contributed by atoms with Gasteiger partial charge in [-0.15, -0.1) is 11.3 Å². The summed E-state index contributed by atoms with van der Waals surface area (Å²) < 4.78 is 1.15. The predicted octanol–water partition coefficient (Wildman–Crippen LogP) is 2.37. The third-order valence-corrected chi connectivity index (χ3v) is 3.63. The smallest absolute Gasteiger partial charge is 0.222 e. The molecular formula is C11H17BrN2OS. The van der Waals surface area contributed by atoms with E-state index in [1.807, 2.05) is 13.8 Å². The van der Waals surface area contributed by atoms with E-state index in [1.54, 1.807) is 11.3 Å². The summed E-state index contributed by atoms with van der Waals surface area (Å²) >= 11 is 5.11. The molecule has 1 aromatic rings. The fourth-order valence-corrected chi connectivity index (χ4v) is 2.36. The highest BCUT2D eigenvalue weighted by Gasteiger charge is 2.04. The molecule has 0 fully saturated rings. The Morgan fingerprint density at radius 3 is 2.81 bits per heavy atom. The third-order valence-electron chi connectivity index (χ3n) is 2.08. The Hall–Kier alpha value is -0.390. The van der Waals surface area contributed by atoms with Gasteiger partial charge in [-0.3, -0.25) is 4.79 Å². The summed E-state index contributed by atoms with van der Waals surface area (Å²) in [6.45, 7) is 6.12. The zero-order valence-corrected chi connectivity index (χ0v) is 12.0. The van der Waals surface area contributed by atoms with Crippen LogP contribution < -0.4 is 10.6 Å². The molecule has 0 bridgehead atoms. The second kappa shape index (κ2) is 7.04. The van der Waals surface area contributed by atoms with Crippen molar-refractivity contribution in [2.24, 2.45) is 5.92 Å². The zero-order valence-electron chi connectivity index (χ0n) is 9.55. The van der Waals surface area contributed by atoms with Crippen LogP contribution in [0.2, 0.25) is 0 Å². The molecule has 0 unspecified atom stereocenters. The van der Waals surface area contributed by atoms with Gasteiger partial charge in [0.05, 0.1) is 3.79 Å². The second-order valence-corrected chi connectivity index (χ2v) is 6.17. The molecule has 0 atom stereocenters. The molecule has 2 N–H and O–H groups in total. The molecular weight excluding hydrogens is 288 g/mol. The Balaban J connectivity index is 2.06. The molecule has 1 amide bonds. The van der Waals surface area contributed by atoms with Gasteiger partial charge in [-0.1, -0.05) is 13.8 Å². The van der Waals surface area contributed by atoms with Crippen molar-refractivity contribution >= 4 is 33.2 Å². The van der Waals surface area contributed by atoms with Gasteiger partial charge >= 0.3 is 0 Å². The summed E-state index contributed by atoms with van der Waals surface area (Å²) in [7, 11) is 0. The minimum Gasteiger partial charge on any atom is -0.355 e. The van der Waals surface area contributed by atoms with E-state index >= 15 is 0 Å². The van der Waals surface area contributed by atoms with Crippen LogP contribution in [0.1, 0.15) is 19.4 Å². The summed E-state index contributed by atoms with van der Waals surface area (Å²) in [5.41, 5.74) is 1.27. The molecule has 0 saturated heterocycles. The van der Waals surface area contributed by atoms with Crippen LogP contribution in [0.25, 0.3) is 0 Å². The Bertz CT molecular complexity index is 338. The summed E-state index contributed by atoms with van der Waals surface area (Å²) in [5.74, 6) is 0.174. The largest absolute Gasteiger partial charge is 0.355 e. The molecule has 1 rings (SSSR count). The Kier molecular flexibility index (Phi) is 6.01. The highest BCUT2D eigenvalue weighted by molar-refractivity contribution is 9.11. The maximum atomic E-state index is 11.2. The molecule has 0 spiro atoms. The summed E-state index contributed by atoms with van der Waals surface area (Å²) in [6, 6.07) is 2.10. The molecule has 0 aliphatic rings. The lowest BCUT2D eigenvalue weighted by Crippen LogP contribution is -2.34. The van der Waals surface area contributed by atoms with E-state index in [0.29, 0.717) is 6.54 Å². The highest BCUT2D eigenvalue weighted by Crippen LogP contribution is 2.20. The number of carbonyl (C=O) groups is 1. The van der Waals surface area contributed by atoms with E-state index in [2.05, 4.69) is 38.0 Å². The van der Waals surface area contributed by atoms with Crippen LogP contribution >= 0.6 is 27.3 Å². The van der Waals surface area contributed by atoms with Crippen molar-refractivity contribution in [2.75, 3.05) is 13.1 Å². The lowest BCUT2D eigenvalue weighted by molar-refractivity contribution is -0.123. The second-order valence-electron chi connectivity index (χ2n) is 3.88. The standard InChI is InChI=1S/C11H17BrN2OS/c1-8(2)11(15)14-4-3-13-6-9-5-10(12)16-7-9/h5,7-8,13H,3-4,6H2,1-2H3,(H,14,15). The van der Waals surface area contributed by atoms with E-state index in [4.69, 9.17) is 0 Å². The van der Waals surface area contributed by atoms with Crippen molar-refractivity contribution in [2.45, 2.75) is 20.4 Å². The monoisotopic (exact) mass is 304 g/mol. The topological polar surface area (TPSA) is 41.1 Å². The third kappa shape index (κ3) is 5.09. The maximum Gasteiger partial charge on any atom is 0.222 e. The number of halogens is 1. The van der Waals surface area contributed by atoms with Crippen molar-refractivity contribution in [1.29, 1.82) is 0 Å². The van der Waals surface area contributed by atoms with Crippen LogP contribution in [0.15, 0.2) is 15.2 Å². The lowest BCUT2D eigenvalue weighted by atomic mass is 10.2. The number of carbonyl (C=O) groups excluding carboxylic acids is 1. The van der Waals surface area contributed by atoms with E-state index in [1.165, 1.54) is 5.56 Å². The molecule has 0 aliphatic heterocycles. The van der Waals surface area contributed by atoms with Gasteiger partial charge in [-0.05, 0) is 32.9 Å². The molecule has 0 aromatic carbocycles. The van der Waals surface area contributed by atoms with Crippen molar-refractivity contribution in [3.8, 4) is 0 Å². The Morgan fingerprint density at radius 1 is 1.50 bits per heavy atom. The number of hydrogen-bond donors (Lipinski definition) is 2. The minimum atomic E-state index is 0.0628. The van der Waals surface area contributed by atoms with Gasteiger partial charge in [0, 0.05) is 25.6 Å². The van der Waals surface area contributed by atoms with Crippen LogP contribution in [-0.4, -0.2) is 19.0 Å². The van der Waals surface area contributed by atoms with E-state index < -0.39 is 0 Å². The molecule has 0 radical (unpaired) electrons. The Labute approximate surface area is 109 Å². The molecule has 1 aromatic heterocycles. The van der Waals surface area contributed by atoms with Gasteiger partial charge in [0.15, 0.2) is 0 Å². The average Bonchev–Trinajstić information content (AvgIpc) is 2.63. The first-order valence-electron chi connectivity index (χ1n) is 5.31. The van der Waals surface area contributed by atoms with Crippen LogP contribution in [0.5, 0.6) is 0 Å². The number of rotatable bonds is 6. The van der Waals surface area contributed by atoms with Gasteiger partial charge in [0.25, 0.3) is 0 Å². The number of hydrogen-bond acceptors (Lipinski definition) is 3. The molecule has 3 nitrogen and oxygen atoms in total. The average molecular weight is 305 g/mol. The van der Waals surface area contributed by atoms with Crippen LogP contribution in [0.4, 0.5) is 0 Å². The van der Waals surface area contributed by atoms with Crippen LogP contribution in [0.3, 0.4) is 0 Å². The van der Waals surface area contributed by atoms with Crippen LogP contribution in [0, 0.1) is 5.92 Å². The number of amides is 1. The summed E-state index contributed by atoms with van der Waals surface area (Å²) in [5, 5.41) is 8.26. The van der Waals surface area contributed by atoms with Crippen molar-refractivity contribution in [3.05, 3.63) is 20.8 Å². The van der Waals surface area contributed by atoms with Crippen LogP contribution in [-0.2, 0) is 11.3 Å². The maximum absolute atomic E-state index is 11.2. The molecule has 90 valence electrons. The minimum absolute atomic E-state index is 0.0628. The molecule has 0 saturated carbocycles. The van der Waals surface area contributed by atoms with E-state index in [0.717, 1.165) is 16.9 Å². The molecule has 0 aliphatic carbocycles. The summed E-state index contributed by atoms with van der Waals surface area (Å²) in [6.07, 6.45) is 0. The van der Waals surface area contributed by atoms with E-state index in [9.17, 15) is 4.79 Å². The Morgan fingerprint density at radius 2 is 2.25 bits per heavy atom. The fraction of sp³-hybridized carbons (Fsp3) is 0.545. The quantitative estimate of drug-likeness (QED) is 0.792. The first-order valence-corrected chi connectivity index (χ1v) is 6.98. The fourth-order valence-electron chi connectivity index (χ4n) is 1.15.